The van der Waals surface area contributed by atoms with E-state index in [2.05, 4.69) is 31.3 Å². The Hall–Kier alpha value is -1.60. The Morgan fingerprint density at radius 1 is 1.20 bits per heavy atom. The minimum Gasteiger partial charge on any atom is -0.411 e. The fraction of sp³-hybridized carbons (Fsp3) is 0.154. The second-order valence-corrected chi connectivity index (χ2v) is 5.94. The van der Waals surface area contributed by atoms with Crippen LogP contribution in [0.4, 0.5) is 0 Å². The summed E-state index contributed by atoms with van der Waals surface area (Å²) in [5, 5.41) is 12.5. The van der Waals surface area contributed by atoms with Crippen molar-refractivity contribution in [1.82, 2.24) is 15.4 Å². The first-order valence-corrected chi connectivity index (χ1v) is 7.63. The van der Waals surface area contributed by atoms with Crippen LogP contribution >= 0.6 is 27.7 Å². The molecule has 7 heteroatoms. The molecule has 3 aromatic rings. The van der Waals surface area contributed by atoms with Gasteiger partial charge in [0.2, 0.25) is 5.89 Å². The number of nitrogens with zero attached hydrogens (tertiary/aromatic N) is 3. The number of aryl methyl sites for hydroxylation is 1. The molecule has 0 aliphatic heterocycles. The molecular weight excluding hydrogens is 342 g/mol. The summed E-state index contributed by atoms with van der Waals surface area (Å²) >= 11 is 4.82. The predicted molar refractivity (Wildman–Crippen MR) is 78.2 cm³/mol. The lowest BCUT2D eigenvalue weighted by atomic mass is 10.2. The quantitative estimate of drug-likeness (QED) is 0.659. The van der Waals surface area contributed by atoms with Gasteiger partial charge in [-0.2, -0.15) is 0 Å². The fourth-order valence-corrected chi connectivity index (χ4v) is 2.51. The lowest BCUT2D eigenvalue weighted by Gasteiger charge is -1.94. The molecule has 0 atom stereocenters. The Balaban J connectivity index is 1.69. The molecular formula is C13H10BrN3O2S. The van der Waals surface area contributed by atoms with E-state index in [1.807, 2.05) is 37.3 Å². The first kappa shape index (κ1) is 13.4. The molecule has 0 radical (unpaired) electrons. The highest BCUT2D eigenvalue weighted by molar-refractivity contribution is 9.10. The van der Waals surface area contributed by atoms with Gasteiger partial charge in [0.05, 0.1) is 5.69 Å². The van der Waals surface area contributed by atoms with Crippen LogP contribution in [0.25, 0.3) is 11.5 Å². The van der Waals surface area contributed by atoms with Gasteiger partial charge in [-0.05, 0) is 31.2 Å². The third-order valence-electron chi connectivity index (χ3n) is 2.52. The zero-order valence-electron chi connectivity index (χ0n) is 10.5. The van der Waals surface area contributed by atoms with E-state index < -0.39 is 0 Å². The standard InChI is InChI=1S/C13H10BrN3O2S/c1-8-6-11(17-19-8)7-20-13-16-15-12(18-13)9-2-4-10(14)5-3-9/h2-6H,7H2,1H3. The van der Waals surface area contributed by atoms with Gasteiger partial charge < -0.3 is 8.94 Å². The Morgan fingerprint density at radius 2 is 2.00 bits per heavy atom. The van der Waals surface area contributed by atoms with Crippen LogP contribution in [0, 0.1) is 6.92 Å². The number of benzene rings is 1. The van der Waals surface area contributed by atoms with Crippen molar-refractivity contribution in [2.45, 2.75) is 17.9 Å². The molecule has 0 spiro atoms. The minimum atomic E-state index is 0.510. The fourth-order valence-electron chi connectivity index (χ4n) is 1.60. The molecule has 0 aliphatic carbocycles. The van der Waals surface area contributed by atoms with E-state index in [1.165, 1.54) is 11.8 Å². The van der Waals surface area contributed by atoms with Crippen LogP contribution in [-0.2, 0) is 5.75 Å². The highest BCUT2D eigenvalue weighted by Gasteiger charge is 2.10. The van der Waals surface area contributed by atoms with Gasteiger partial charge in [0.15, 0.2) is 0 Å². The molecule has 102 valence electrons. The highest BCUT2D eigenvalue weighted by atomic mass is 79.9. The first-order chi connectivity index (χ1) is 9.70. The van der Waals surface area contributed by atoms with Gasteiger partial charge >= 0.3 is 0 Å². The summed E-state index contributed by atoms with van der Waals surface area (Å²) in [6.07, 6.45) is 0. The van der Waals surface area contributed by atoms with Crippen LogP contribution in [0.15, 0.2) is 49.0 Å². The van der Waals surface area contributed by atoms with Crippen LogP contribution in [0.1, 0.15) is 11.5 Å². The van der Waals surface area contributed by atoms with Crippen molar-refractivity contribution in [3.05, 3.63) is 46.3 Å². The molecule has 0 aliphatic rings. The molecule has 2 heterocycles. The van der Waals surface area contributed by atoms with Gasteiger partial charge in [-0.15, -0.1) is 10.2 Å². The molecule has 3 rings (SSSR count). The number of rotatable bonds is 4. The number of thioether (sulfide) groups is 1. The topological polar surface area (TPSA) is 65.0 Å². The Kier molecular flexibility index (Phi) is 3.88. The van der Waals surface area contributed by atoms with Gasteiger partial charge in [-0.3, -0.25) is 0 Å². The molecule has 0 saturated carbocycles. The van der Waals surface area contributed by atoms with Crippen molar-refractivity contribution >= 4 is 27.7 Å². The third-order valence-corrected chi connectivity index (χ3v) is 3.90. The smallest absolute Gasteiger partial charge is 0.277 e. The average molecular weight is 352 g/mol. The maximum atomic E-state index is 5.61. The second-order valence-electron chi connectivity index (χ2n) is 4.10. The van der Waals surface area contributed by atoms with Crippen LogP contribution in [0.5, 0.6) is 0 Å². The van der Waals surface area contributed by atoms with Crippen LogP contribution in [0.2, 0.25) is 0 Å². The van der Waals surface area contributed by atoms with Gasteiger partial charge in [0.25, 0.3) is 5.22 Å². The molecule has 0 N–H and O–H groups in total. The summed E-state index contributed by atoms with van der Waals surface area (Å²) < 4.78 is 11.6. The summed E-state index contributed by atoms with van der Waals surface area (Å²) in [5.41, 5.74) is 1.75. The summed E-state index contributed by atoms with van der Waals surface area (Å²) in [5.74, 6) is 1.94. The van der Waals surface area contributed by atoms with E-state index >= 15 is 0 Å². The maximum absolute atomic E-state index is 5.61. The van der Waals surface area contributed by atoms with Crippen molar-refractivity contribution in [3.63, 3.8) is 0 Å². The zero-order valence-corrected chi connectivity index (χ0v) is 12.9. The molecule has 0 unspecified atom stereocenters. The average Bonchev–Trinajstić information content (AvgIpc) is 3.06. The van der Waals surface area contributed by atoms with Crippen molar-refractivity contribution in [2.75, 3.05) is 0 Å². The molecule has 2 aromatic heterocycles. The highest BCUT2D eigenvalue weighted by Crippen LogP contribution is 2.26. The lowest BCUT2D eigenvalue weighted by Crippen LogP contribution is -1.79. The van der Waals surface area contributed by atoms with Crippen molar-refractivity contribution < 1.29 is 8.94 Å². The summed E-state index contributed by atoms with van der Waals surface area (Å²) in [6.45, 7) is 1.86. The molecule has 0 saturated heterocycles. The summed E-state index contributed by atoms with van der Waals surface area (Å²) in [4.78, 5) is 0. The molecule has 5 nitrogen and oxygen atoms in total. The largest absolute Gasteiger partial charge is 0.411 e. The lowest BCUT2D eigenvalue weighted by molar-refractivity contribution is 0.392. The molecule has 0 fully saturated rings. The molecule has 1 aromatic carbocycles. The normalized spacial score (nSPS) is 10.9. The van der Waals surface area contributed by atoms with Gasteiger partial charge in [-0.25, -0.2) is 0 Å². The molecule has 20 heavy (non-hydrogen) atoms. The first-order valence-electron chi connectivity index (χ1n) is 5.85. The number of hydrogen-bond donors (Lipinski definition) is 0. The van der Waals surface area contributed by atoms with Gasteiger partial charge in [-0.1, -0.05) is 32.8 Å². The summed E-state index contributed by atoms with van der Waals surface area (Å²) in [7, 11) is 0. The van der Waals surface area contributed by atoms with Crippen LogP contribution in [0.3, 0.4) is 0 Å². The van der Waals surface area contributed by atoms with Crippen molar-refractivity contribution in [3.8, 4) is 11.5 Å². The SMILES string of the molecule is Cc1cc(CSc2nnc(-c3ccc(Br)cc3)o2)no1. The van der Waals surface area contributed by atoms with Gasteiger partial charge in [0, 0.05) is 21.9 Å². The predicted octanol–water partition coefficient (Wildman–Crippen LogP) is 4.09. The van der Waals surface area contributed by atoms with E-state index in [1.54, 1.807) is 0 Å². The van der Waals surface area contributed by atoms with Crippen molar-refractivity contribution in [2.24, 2.45) is 0 Å². The maximum Gasteiger partial charge on any atom is 0.277 e. The van der Waals surface area contributed by atoms with E-state index in [0.717, 1.165) is 21.5 Å². The Morgan fingerprint density at radius 3 is 2.70 bits per heavy atom. The number of halogens is 1. The molecule has 0 amide bonds. The zero-order chi connectivity index (χ0) is 13.9. The van der Waals surface area contributed by atoms with Gasteiger partial charge in [0.1, 0.15) is 5.76 Å². The van der Waals surface area contributed by atoms with E-state index in [-0.39, 0.29) is 0 Å². The van der Waals surface area contributed by atoms with E-state index in [4.69, 9.17) is 8.94 Å². The number of aromatic nitrogens is 3. The third kappa shape index (κ3) is 3.10. The van der Waals surface area contributed by atoms with Crippen LogP contribution in [-0.4, -0.2) is 15.4 Å². The van der Waals surface area contributed by atoms with Crippen LogP contribution < -0.4 is 0 Å². The number of hydrogen-bond acceptors (Lipinski definition) is 6. The Labute approximate surface area is 127 Å². The minimum absolute atomic E-state index is 0.510. The summed E-state index contributed by atoms with van der Waals surface area (Å²) in [6, 6.07) is 9.61. The second kappa shape index (κ2) is 5.80. The monoisotopic (exact) mass is 351 g/mol. The van der Waals surface area contributed by atoms with E-state index in [0.29, 0.717) is 16.9 Å². The van der Waals surface area contributed by atoms with Crippen molar-refractivity contribution in [1.29, 1.82) is 0 Å². The molecule has 0 bridgehead atoms. The van der Waals surface area contributed by atoms with E-state index in [9.17, 15) is 0 Å². The Bertz CT molecular complexity index is 708.